The van der Waals surface area contributed by atoms with Gasteiger partial charge in [0.1, 0.15) is 0 Å². The number of nitrogens with one attached hydrogen (secondary N) is 1. The Hall–Kier alpha value is -2.42. The number of nitro benzene ring substituents is 1. The van der Waals surface area contributed by atoms with Crippen molar-refractivity contribution in [1.82, 2.24) is 15.0 Å². The SMILES string of the molecule is CNc1nc(OC)nc(Sc2ccc([N+](=O)[O-])cc2)n1. The molecule has 0 aliphatic carbocycles. The monoisotopic (exact) mass is 293 g/mol. The summed E-state index contributed by atoms with van der Waals surface area (Å²) >= 11 is 1.26. The molecule has 0 spiro atoms. The molecule has 0 aliphatic rings. The van der Waals surface area contributed by atoms with Gasteiger partial charge in [0, 0.05) is 24.1 Å². The average molecular weight is 293 g/mol. The minimum Gasteiger partial charge on any atom is -0.467 e. The topological polar surface area (TPSA) is 103 Å². The summed E-state index contributed by atoms with van der Waals surface area (Å²) < 4.78 is 4.98. The predicted octanol–water partition coefficient (Wildman–Crippen LogP) is 1.98. The van der Waals surface area contributed by atoms with Gasteiger partial charge in [0.05, 0.1) is 12.0 Å². The van der Waals surface area contributed by atoms with Gasteiger partial charge >= 0.3 is 6.01 Å². The van der Waals surface area contributed by atoms with Crippen molar-refractivity contribution in [3.63, 3.8) is 0 Å². The molecule has 0 amide bonds. The van der Waals surface area contributed by atoms with Crippen LogP contribution in [0.25, 0.3) is 0 Å². The number of non-ortho nitro benzene ring substituents is 1. The molecule has 9 heteroatoms. The van der Waals surface area contributed by atoms with E-state index in [0.717, 1.165) is 4.90 Å². The molecule has 0 aliphatic heterocycles. The molecule has 104 valence electrons. The second kappa shape index (κ2) is 6.15. The van der Waals surface area contributed by atoms with E-state index in [-0.39, 0.29) is 11.7 Å². The van der Waals surface area contributed by atoms with E-state index >= 15 is 0 Å². The van der Waals surface area contributed by atoms with Crippen molar-refractivity contribution < 1.29 is 9.66 Å². The molecule has 1 N–H and O–H groups in total. The number of hydrogen-bond donors (Lipinski definition) is 1. The highest BCUT2D eigenvalue weighted by atomic mass is 32.2. The second-order valence-electron chi connectivity index (χ2n) is 3.53. The minimum absolute atomic E-state index is 0.0403. The van der Waals surface area contributed by atoms with E-state index in [1.807, 2.05) is 0 Å². The largest absolute Gasteiger partial charge is 0.467 e. The van der Waals surface area contributed by atoms with Gasteiger partial charge in [-0.05, 0) is 23.9 Å². The van der Waals surface area contributed by atoms with E-state index in [9.17, 15) is 10.1 Å². The standard InChI is InChI=1S/C11H11N5O3S/c1-12-9-13-10(19-2)15-11(14-9)20-8-5-3-7(4-6-8)16(17)18/h3-6H,1-2H3,(H,12,13,14,15). The number of nitro groups is 1. The highest BCUT2D eigenvalue weighted by Crippen LogP contribution is 2.27. The summed E-state index contributed by atoms with van der Waals surface area (Å²) in [7, 11) is 3.16. The Bertz CT molecular complexity index is 598. The van der Waals surface area contributed by atoms with Crippen LogP contribution in [-0.2, 0) is 0 Å². The number of aromatic nitrogens is 3. The molecule has 0 saturated carbocycles. The van der Waals surface area contributed by atoms with E-state index < -0.39 is 4.92 Å². The molecule has 1 aromatic carbocycles. The van der Waals surface area contributed by atoms with Crippen LogP contribution in [0.15, 0.2) is 34.3 Å². The molecule has 2 aromatic rings. The molecule has 20 heavy (non-hydrogen) atoms. The molecule has 8 nitrogen and oxygen atoms in total. The van der Waals surface area contributed by atoms with E-state index in [1.165, 1.54) is 31.0 Å². The van der Waals surface area contributed by atoms with Crippen LogP contribution in [0.3, 0.4) is 0 Å². The maximum absolute atomic E-state index is 10.6. The molecule has 0 fully saturated rings. The summed E-state index contributed by atoms with van der Waals surface area (Å²) in [6.07, 6.45) is 0. The molecule has 2 rings (SSSR count). The number of benzene rings is 1. The lowest BCUT2D eigenvalue weighted by molar-refractivity contribution is -0.384. The first-order valence-corrected chi connectivity index (χ1v) is 6.34. The summed E-state index contributed by atoms with van der Waals surface area (Å²) in [5.74, 6) is 0.390. The van der Waals surface area contributed by atoms with Gasteiger partial charge < -0.3 is 10.1 Å². The van der Waals surface area contributed by atoms with Gasteiger partial charge in [-0.1, -0.05) is 0 Å². The summed E-state index contributed by atoms with van der Waals surface area (Å²) in [6, 6.07) is 6.34. The van der Waals surface area contributed by atoms with Crippen LogP contribution >= 0.6 is 11.8 Å². The van der Waals surface area contributed by atoms with Crippen molar-refractivity contribution in [2.45, 2.75) is 10.1 Å². The van der Waals surface area contributed by atoms with Gasteiger partial charge in [0.2, 0.25) is 11.1 Å². The number of ether oxygens (including phenoxy) is 1. The highest BCUT2D eigenvalue weighted by molar-refractivity contribution is 7.99. The van der Waals surface area contributed by atoms with Crippen molar-refractivity contribution in [3.8, 4) is 6.01 Å². The molecule has 0 radical (unpaired) electrons. The van der Waals surface area contributed by atoms with Gasteiger partial charge in [-0.2, -0.15) is 15.0 Å². The molecule has 0 saturated heterocycles. The lowest BCUT2D eigenvalue weighted by Gasteiger charge is -2.05. The van der Waals surface area contributed by atoms with Crippen molar-refractivity contribution in [2.24, 2.45) is 0 Å². The number of hydrogen-bond acceptors (Lipinski definition) is 8. The van der Waals surface area contributed by atoms with Crippen LogP contribution in [0.5, 0.6) is 6.01 Å². The fourth-order valence-corrected chi connectivity index (χ4v) is 2.07. The Labute approximate surface area is 118 Å². The molecule has 0 unspecified atom stereocenters. The quantitative estimate of drug-likeness (QED) is 0.659. The van der Waals surface area contributed by atoms with E-state index in [2.05, 4.69) is 20.3 Å². The van der Waals surface area contributed by atoms with Gasteiger partial charge in [-0.3, -0.25) is 10.1 Å². The van der Waals surface area contributed by atoms with Crippen molar-refractivity contribution >= 4 is 23.4 Å². The van der Waals surface area contributed by atoms with E-state index in [4.69, 9.17) is 4.74 Å². The lowest BCUT2D eigenvalue weighted by Crippen LogP contribution is -2.02. The Balaban J connectivity index is 2.22. The van der Waals surface area contributed by atoms with Crippen LogP contribution < -0.4 is 10.1 Å². The zero-order valence-corrected chi connectivity index (χ0v) is 11.5. The summed E-state index contributed by atoms with van der Waals surface area (Å²) in [6.45, 7) is 0. The number of nitrogens with zero attached hydrogens (tertiary/aromatic N) is 4. The molecule has 1 heterocycles. The fourth-order valence-electron chi connectivity index (χ4n) is 1.33. The maximum Gasteiger partial charge on any atom is 0.321 e. The van der Waals surface area contributed by atoms with Crippen molar-refractivity contribution in [1.29, 1.82) is 0 Å². The van der Waals surface area contributed by atoms with Crippen LogP contribution in [0.2, 0.25) is 0 Å². The fraction of sp³-hybridized carbons (Fsp3) is 0.182. The Morgan fingerprint density at radius 3 is 2.50 bits per heavy atom. The highest BCUT2D eigenvalue weighted by Gasteiger charge is 2.09. The zero-order valence-electron chi connectivity index (χ0n) is 10.7. The third kappa shape index (κ3) is 3.32. The second-order valence-corrected chi connectivity index (χ2v) is 4.57. The Morgan fingerprint density at radius 1 is 1.25 bits per heavy atom. The predicted molar refractivity (Wildman–Crippen MR) is 73.1 cm³/mol. The summed E-state index contributed by atoms with van der Waals surface area (Å²) in [4.78, 5) is 23.2. The summed E-state index contributed by atoms with van der Waals surface area (Å²) in [5, 5.41) is 13.8. The van der Waals surface area contributed by atoms with Gasteiger partial charge in [0.15, 0.2) is 0 Å². The minimum atomic E-state index is -0.445. The first-order chi connectivity index (χ1) is 9.62. The van der Waals surface area contributed by atoms with Crippen LogP contribution in [0.4, 0.5) is 11.6 Å². The smallest absolute Gasteiger partial charge is 0.321 e. The maximum atomic E-state index is 10.6. The molecule has 1 aromatic heterocycles. The van der Waals surface area contributed by atoms with Crippen molar-refractivity contribution in [3.05, 3.63) is 34.4 Å². The van der Waals surface area contributed by atoms with Gasteiger partial charge in [0.25, 0.3) is 5.69 Å². The molecule has 0 bridgehead atoms. The third-order valence-corrected chi connectivity index (χ3v) is 3.13. The molecule has 0 atom stereocenters. The normalized spacial score (nSPS) is 10.1. The molecular formula is C11H11N5O3S. The Kier molecular flexibility index (Phi) is 4.31. The number of anilines is 1. The van der Waals surface area contributed by atoms with Crippen LogP contribution in [-0.4, -0.2) is 34.0 Å². The third-order valence-electron chi connectivity index (χ3n) is 2.26. The van der Waals surface area contributed by atoms with Crippen LogP contribution in [0, 0.1) is 10.1 Å². The summed E-state index contributed by atoms with van der Waals surface area (Å²) in [5.41, 5.74) is 0.0403. The Morgan fingerprint density at radius 2 is 1.95 bits per heavy atom. The van der Waals surface area contributed by atoms with Crippen molar-refractivity contribution in [2.75, 3.05) is 19.5 Å². The number of rotatable bonds is 5. The molecular weight excluding hydrogens is 282 g/mol. The lowest BCUT2D eigenvalue weighted by atomic mass is 10.3. The van der Waals surface area contributed by atoms with Gasteiger partial charge in [-0.15, -0.1) is 0 Å². The average Bonchev–Trinajstić information content (AvgIpc) is 2.47. The first-order valence-electron chi connectivity index (χ1n) is 5.52. The number of methoxy groups -OCH3 is 1. The van der Waals surface area contributed by atoms with E-state index in [0.29, 0.717) is 11.1 Å². The zero-order chi connectivity index (χ0) is 14.5. The van der Waals surface area contributed by atoms with E-state index in [1.54, 1.807) is 19.2 Å². The first kappa shape index (κ1) is 14.0. The van der Waals surface area contributed by atoms with Crippen LogP contribution in [0.1, 0.15) is 0 Å². The van der Waals surface area contributed by atoms with Gasteiger partial charge in [-0.25, -0.2) is 0 Å².